The third-order valence-corrected chi connectivity index (χ3v) is 5.48. The van der Waals surface area contributed by atoms with Gasteiger partial charge in [0.2, 0.25) is 0 Å². The van der Waals surface area contributed by atoms with Crippen molar-refractivity contribution in [1.82, 2.24) is 14.7 Å². The average Bonchev–Trinajstić information content (AvgIpc) is 2.76. The Hall–Kier alpha value is -1.08. The first-order valence-corrected chi connectivity index (χ1v) is 8.11. The Labute approximate surface area is 134 Å². The Bertz CT molecular complexity index is 532. The smallest absolute Gasteiger partial charge is 0.145 e. The van der Waals surface area contributed by atoms with Crippen molar-refractivity contribution in [3.63, 3.8) is 0 Å². The summed E-state index contributed by atoms with van der Waals surface area (Å²) in [6.07, 6.45) is 2.73. The topological polar surface area (TPSA) is 79.7 Å². The van der Waals surface area contributed by atoms with Crippen molar-refractivity contribution >= 4 is 21.8 Å². The Morgan fingerprint density at radius 2 is 2.10 bits per heavy atom. The Kier molecular flexibility index (Phi) is 4.93. The molecule has 118 valence electrons. The van der Waals surface area contributed by atoms with Crippen LogP contribution in [0.4, 0.5) is 0 Å². The highest BCUT2D eigenvalue weighted by molar-refractivity contribution is 9.10. The van der Waals surface area contributed by atoms with Crippen LogP contribution in [0.25, 0.3) is 0 Å². The van der Waals surface area contributed by atoms with Gasteiger partial charge >= 0.3 is 0 Å². The number of aryl methyl sites for hydroxylation is 2. The van der Waals surface area contributed by atoms with E-state index in [0.717, 1.165) is 49.1 Å². The largest absolute Gasteiger partial charge is 0.409 e. The molecule has 2 heterocycles. The van der Waals surface area contributed by atoms with Gasteiger partial charge in [0.05, 0.1) is 15.9 Å². The molecule has 2 rings (SSSR count). The van der Waals surface area contributed by atoms with E-state index >= 15 is 0 Å². The number of hydrogen-bond donors (Lipinski definition) is 2. The standard InChI is InChI=1S/C14H24BrN5O/c1-4-10-12(15)11(19(3)17-10)9-20-7-5-14(2,6-8-20)13(16)18-21/h21H,4-9H2,1-3H3,(H2,16,18). The van der Waals surface area contributed by atoms with Crippen LogP contribution >= 0.6 is 15.9 Å². The highest BCUT2D eigenvalue weighted by Gasteiger charge is 2.34. The summed E-state index contributed by atoms with van der Waals surface area (Å²) in [7, 11) is 1.99. The maximum Gasteiger partial charge on any atom is 0.145 e. The molecular weight excluding hydrogens is 334 g/mol. The fraction of sp³-hybridized carbons (Fsp3) is 0.714. The molecule has 1 saturated heterocycles. The van der Waals surface area contributed by atoms with Crippen LogP contribution in [0.15, 0.2) is 9.63 Å². The zero-order valence-electron chi connectivity index (χ0n) is 12.9. The van der Waals surface area contributed by atoms with E-state index in [-0.39, 0.29) is 5.41 Å². The molecule has 0 unspecified atom stereocenters. The molecule has 0 atom stereocenters. The van der Waals surface area contributed by atoms with Crippen LogP contribution in [-0.4, -0.2) is 38.8 Å². The summed E-state index contributed by atoms with van der Waals surface area (Å²) in [6.45, 7) is 6.92. The zero-order valence-corrected chi connectivity index (χ0v) is 14.5. The van der Waals surface area contributed by atoms with Gasteiger partial charge in [-0.1, -0.05) is 19.0 Å². The lowest BCUT2D eigenvalue weighted by atomic mass is 9.79. The minimum Gasteiger partial charge on any atom is -0.409 e. The second-order valence-corrected chi connectivity index (χ2v) is 6.80. The number of aromatic nitrogens is 2. The second kappa shape index (κ2) is 6.36. The lowest BCUT2D eigenvalue weighted by molar-refractivity contribution is 0.150. The van der Waals surface area contributed by atoms with Gasteiger partial charge < -0.3 is 10.9 Å². The summed E-state index contributed by atoms with van der Waals surface area (Å²) in [5.74, 6) is 0.345. The Morgan fingerprint density at radius 3 is 2.57 bits per heavy atom. The highest BCUT2D eigenvalue weighted by atomic mass is 79.9. The lowest BCUT2D eigenvalue weighted by Crippen LogP contribution is -2.45. The number of likely N-dealkylation sites (tertiary alicyclic amines) is 1. The fourth-order valence-electron chi connectivity index (χ4n) is 2.78. The van der Waals surface area contributed by atoms with E-state index in [9.17, 15) is 0 Å². The van der Waals surface area contributed by atoms with Gasteiger partial charge in [0.1, 0.15) is 5.84 Å². The van der Waals surface area contributed by atoms with Gasteiger partial charge in [-0.15, -0.1) is 0 Å². The van der Waals surface area contributed by atoms with Crippen molar-refractivity contribution in [2.75, 3.05) is 13.1 Å². The summed E-state index contributed by atoms with van der Waals surface area (Å²) in [6, 6.07) is 0. The average molecular weight is 358 g/mol. The molecule has 0 bridgehead atoms. The number of amidine groups is 1. The van der Waals surface area contributed by atoms with Crippen LogP contribution in [0.2, 0.25) is 0 Å². The number of nitrogens with zero attached hydrogens (tertiary/aromatic N) is 4. The Balaban J connectivity index is 2.03. The van der Waals surface area contributed by atoms with E-state index in [1.807, 2.05) is 11.7 Å². The van der Waals surface area contributed by atoms with Crippen LogP contribution in [0.1, 0.15) is 38.1 Å². The predicted octanol–water partition coefficient (Wildman–Crippen LogP) is 2.09. The molecule has 0 amide bonds. The number of piperidine rings is 1. The fourth-order valence-corrected chi connectivity index (χ4v) is 3.53. The molecule has 1 aromatic heterocycles. The molecule has 1 aliphatic heterocycles. The van der Waals surface area contributed by atoms with Gasteiger partial charge in [-0.3, -0.25) is 9.58 Å². The van der Waals surface area contributed by atoms with Crippen LogP contribution in [0.5, 0.6) is 0 Å². The van der Waals surface area contributed by atoms with Gasteiger partial charge in [0.25, 0.3) is 0 Å². The molecule has 3 N–H and O–H groups in total. The van der Waals surface area contributed by atoms with E-state index < -0.39 is 0 Å². The second-order valence-electron chi connectivity index (χ2n) is 6.01. The van der Waals surface area contributed by atoms with E-state index in [0.29, 0.717) is 5.84 Å². The third kappa shape index (κ3) is 3.23. The molecular formula is C14H24BrN5O. The molecule has 0 radical (unpaired) electrons. The first-order chi connectivity index (χ1) is 9.91. The van der Waals surface area contributed by atoms with Gasteiger partial charge in [0.15, 0.2) is 0 Å². The summed E-state index contributed by atoms with van der Waals surface area (Å²) < 4.78 is 3.08. The van der Waals surface area contributed by atoms with Crippen molar-refractivity contribution in [2.45, 2.75) is 39.7 Å². The molecule has 7 heteroatoms. The van der Waals surface area contributed by atoms with Gasteiger partial charge in [0, 0.05) is 19.0 Å². The van der Waals surface area contributed by atoms with Gasteiger partial charge in [-0.05, 0) is 48.3 Å². The molecule has 0 aliphatic carbocycles. The van der Waals surface area contributed by atoms with Gasteiger partial charge in [-0.2, -0.15) is 5.10 Å². The summed E-state index contributed by atoms with van der Waals surface area (Å²) >= 11 is 3.66. The maximum absolute atomic E-state index is 8.89. The minimum atomic E-state index is -0.191. The highest BCUT2D eigenvalue weighted by Crippen LogP contribution is 2.32. The summed E-state index contributed by atoms with van der Waals surface area (Å²) in [5.41, 5.74) is 7.93. The van der Waals surface area contributed by atoms with Crippen LogP contribution in [0.3, 0.4) is 0 Å². The summed E-state index contributed by atoms with van der Waals surface area (Å²) in [5, 5.41) is 16.6. The van der Waals surface area contributed by atoms with E-state index in [2.05, 4.69) is 44.9 Å². The third-order valence-electron chi connectivity index (χ3n) is 4.56. The predicted molar refractivity (Wildman–Crippen MR) is 86.3 cm³/mol. The molecule has 0 aromatic carbocycles. The first kappa shape index (κ1) is 16.3. The minimum absolute atomic E-state index is 0.191. The molecule has 1 aromatic rings. The van der Waals surface area contributed by atoms with Crippen LogP contribution in [0, 0.1) is 5.41 Å². The van der Waals surface area contributed by atoms with Gasteiger partial charge in [-0.25, -0.2) is 0 Å². The number of nitrogens with two attached hydrogens (primary N) is 1. The summed E-state index contributed by atoms with van der Waals surface area (Å²) in [4.78, 5) is 2.40. The number of rotatable bonds is 4. The zero-order chi connectivity index (χ0) is 15.6. The monoisotopic (exact) mass is 357 g/mol. The SMILES string of the molecule is CCc1nn(C)c(CN2CCC(C)(C(N)=NO)CC2)c1Br. The van der Waals surface area contributed by atoms with Crippen molar-refractivity contribution in [1.29, 1.82) is 0 Å². The molecule has 0 spiro atoms. The van der Waals surface area contributed by atoms with Crippen LogP contribution in [-0.2, 0) is 20.0 Å². The van der Waals surface area contributed by atoms with Crippen molar-refractivity contribution < 1.29 is 5.21 Å². The van der Waals surface area contributed by atoms with E-state index in [4.69, 9.17) is 10.9 Å². The quantitative estimate of drug-likeness (QED) is 0.374. The van der Waals surface area contributed by atoms with Crippen molar-refractivity contribution in [3.05, 3.63) is 15.9 Å². The maximum atomic E-state index is 8.89. The molecule has 6 nitrogen and oxygen atoms in total. The first-order valence-electron chi connectivity index (χ1n) is 7.32. The molecule has 1 aliphatic rings. The number of oxime groups is 1. The lowest BCUT2D eigenvalue weighted by Gasteiger charge is -2.38. The van der Waals surface area contributed by atoms with Crippen molar-refractivity contribution in [3.8, 4) is 0 Å². The van der Waals surface area contributed by atoms with Crippen LogP contribution < -0.4 is 5.73 Å². The van der Waals surface area contributed by atoms with E-state index in [1.54, 1.807) is 0 Å². The normalized spacial score (nSPS) is 19.9. The number of hydrogen-bond acceptors (Lipinski definition) is 4. The van der Waals surface area contributed by atoms with E-state index in [1.165, 1.54) is 5.69 Å². The Morgan fingerprint density at radius 1 is 1.48 bits per heavy atom. The molecule has 0 saturated carbocycles. The van der Waals surface area contributed by atoms with Crippen molar-refractivity contribution in [2.24, 2.45) is 23.4 Å². The number of halogens is 1. The molecule has 21 heavy (non-hydrogen) atoms. The molecule has 1 fully saturated rings.